The largest absolute Gasteiger partial charge is 0.466 e. The maximum Gasteiger partial charge on any atom is 0.257 e. The van der Waals surface area contributed by atoms with Gasteiger partial charge < -0.3 is 14.2 Å². The maximum atomic E-state index is 12.9. The Labute approximate surface area is 173 Å². The van der Waals surface area contributed by atoms with E-state index in [0.717, 1.165) is 11.3 Å². The second-order valence-electron chi connectivity index (χ2n) is 8.00. The SMILES string of the molecule is Cc1cc(C(=O)N2CCN(CC(=O)N(Cc3ccccc3)C(C)C)CC2)c(C)o1. The van der Waals surface area contributed by atoms with Crippen LogP contribution in [0.5, 0.6) is 0 Å². The first-order valence-corrected chi connectivity index (χ1v) is 10.3. The fraction of sp³-hybridized carbons (Fsp3) is 0.478. The maximum absolute atomic E-state index is 12.9. The molecule has 1 aliphatic rings. The predicted octanol–water partition coefficient (Wildman–Crippen LogP) is 3.09. The number of hydrogen-bond donors (Lipinski definition) is 0. The molecule has 0 radical (unpaired) electrons. The van der Waals surface area contributed by atoms with Crippen LogP contribution in [0.4, 0.5) is 0 Å². The van der Waals surface area contributed by atoms with E-state index in [9.17, 15) is 9.59 Å². The summed E-state index contributed by atoms with van der Waals surface area (Å²) >= 11 is 0. The Morgan fingerprint density at radius 1 is 1.07 bits per heavy atom. The average Bonchev–Trinajstić information content (AvgIpc) is 3.04. The van der Waals surface area contributed by atoms with Crippen molar-refractivity contribution in [3.8, 4) is 0 Å². The zero-order valence-electron chi connectivity index (χ0n) is 17.9. The first-order chi connectivity index (χ1) is 13.8. The smallest absolute Gasteiger partial charge is 0.257 e. The third-order valence-electron chi connectivity index (χ3n) is 5.43. The van der Waals surface area contributed by atoms with Crippen LogP contribution in [-0.2, 0) is 11.3 Å². The highest BCUT2D eigenvalue weighted by molar-refractivity contribution is 5.95. The summed E-state index contributed by atoms with van der Waals surface area (Å²) in [5.74, 6) is 1.56. The minimum atomic E-state index is 0.0122. The summed E-state index contributed by atoms with van der Waals surface area (Å²) in [6, 6.07) is 12.0. The summed E-state index contributed by atoms with van der Waals surface area (Å²) in [7, 11) is 0. The Morgan fingerprint density at radius 3 is 2.28 bits per heavy atom. The average molecular weight is 398 g/mol. The Bertz CT molecular complexity index is 836. The van der Waals surface area contributed by atoms with Gasteiger partial charge in [0.25, 0.3) is 5.91 Å². The van der Waals surface area contributed by atoms with E-state index in [-0.39, 0.29) is 17.9 Å². The van der Waals surface area contributed by atoms with Crippen LogP contribution in [-0.4, -0.2) is 65.3 Å². The summed E-state index contributed by atoms with van der Waals surface area (Å²) in [5, 5.41) is 0. The molecule has 29 heavy (non-hydrogen) atoms. The van der Waals surface area contributed by atoms with Gasteiger partial charge in [0.1, 0.15) is 11.5 Å². The second kappa shape index (κ2) is 9.27. The first kappa shape index (κ1) is 21.1. The number of benzene rings is 1. The molecule has 0 aliphatic carbocycles. The molecule has 0 spiro atoms. The van der Waals surface area contributed by atoms with Crippen molar-refractivity contribution in [2.24, 2.45) is 0 Å². The highest BCUT2D eigenvalue weighted by atomic mass is 16.3. The molecule has 156 valence electrons. The van der Waals surface area contributed by atoms with E-state index in [1.54, 1.807) is 6.07 Å². The summed E-state index contributed by atoms with van der Waals surface area (Å²) in [6.07, 6.45) is 0. The molecule has 2 amide bonds. The van der Waals surface area contributed by atoms with Gasteiger partial charge in [-0.05, 0) is 39.3 Å². The quantitative estimate of drug-likeness (QED) is 0.752. The van der Waals surface area contributed by atoms with Crippen LogP contribution >= 0.6 is 0 Å². The number of amides is 2. The van der Waals surface area contributed by atoms with Gasteiger partial charge in [-0.3, -0.25) is 14.5 Å². The predicted molar refractivity (Wildman–Crippen MR) is 113 cm³/mol. The third-order valence-corrected chi connectivity index (χ3v) is 5.43. The van der Waals surface area contributed by atoms with Crippen molar-refractivity contribution < 1.29 is 14.0 Å². The van der Waals surface area contributed by atoms with Crippen molar-refractivity contribution in [3.05, 3.63) is 59.0 Å². The molecule has 0 N–H and O–H groups in total. The van der Waals surface area contributed by atoms with Crippen LogP contribution in [0.15, 0.2) is 40.8 Å². The van der Waals surface area contributed by atoms with Crippen molar-refractivity contribution in [2.45, 2.75) is 40.3 Å². The minimum absolute atomic E-state index is 0.0122. The van der Waals surface area contributed by atoms with Gasteiger partial charge in [-0.1, -0.05) is 30.3 Å². The normalized spacial score (nSPS) is 15.0. The summed E-state index contributed by atoms with van der Waals surface area (Å²) in [6.45, 7) is 11.4. The zero-order valence-corrected chi connectivity index (χ0v) is 17.9. The Balaban J connectivity index is 1.54. The van der Waals surface area contributed by atoms with E-state index < -0.39 is 0 Å². The topological polar surface area (TPSA) is 57.0 Å². The summed E-state index contributed by atoms with van der Waals surface area (Å²) in [4.78, 5) is 31.6. The van der Waals surface area contributed by atoms with Crippen LogP contribution in [0.3, 0.4) is 0 Å². The number of nitrogens with zero attached hydrogens (tertiary/aromatic N) is 3. The second-order valence-corrected chi connectivity index (χ2v) is 8.00. The van der Waals surface area contributed by atoms with Crippen molar-refractivity contribution in [3.63, 3.8) is 0 Å². The van der Waals surface area contributed by atoms with E-state index in [2.05, 4.69) is 4.90 Å². The molecule has 0 atom stereocenters. The van der Waals surface area contributed by atoms with E-state index in [0.29, 0.717) is 50.6 Å². The van der Waals surface area contributed by atoms with Gasteiger partial charge in [0.2, 0.25) is 5.91 Å². The summed E-state index contributed by atoms with van der Waals surface area (Å²) in [5.41, 5.74) is 1.77. The zero-order chi connectivity index (χ0) is 21.0. The third kappa shape index (κ3) is 5.26. The van der Waals surface area contributed by atoms with Crippen molar-refractivity contribution in [1.29, 1.82) is 0 Å². The fourth-order valence-electron chi connectivity index (χ4n) is 3.74. The van der Waals surface area contributed by atoms with Crippen molar-refractivity contribution in [2.75, 3.05) is 32.7 Å². The summed E-state index contributed by atoms with van der Waals surface area (Å²) < 4.78 is 5.49. The number of furan rings is 1. The molecule has 1 saturated heterocycles. The lowest BCUT2D eigenvalue weighted by molar-refractivity contribution is -0.135. The molecule has 1 fully saturated rings. The van der Waals surface area contributed by atoms with Crippen molar-refractivity contribution in [1.82, 2.24) is 14.7 Å². The number of aryl methyl sites for hydroxylation is 2. The van der Waals surface area contributed by atoms with Gasteiger partial charge in [0.05, 0.1) is 12.1 Å². The fourth-order valence-corrected chi connectivity index (χ4v) is 3.74. The van der Waals surface area contributed by atoms with Gasteiger partial charge in [0, 0.05) is 38.8 Å². The van der Waals surface area contributed by atoms with Gasteiger partial charge in [-0.25, -0.2) is 0 Å². The molecule has 0 bridgehead atoms. The van der Waals surface area contributed by atoms with Crippen molar-refractivity contribution >= 4 is 11.8 Å². The minimum Gasteiger partial charge on any atom is -0.466 e. The highest BCUT2D eigenvalue weighted by Gasteiger charge is 2.27. The molecular weight excluding hydrogens is 366 g/mol. The number of hydrogen-bond acceptors (Lipinski definition) is 4. The van der Waals surface area contributed by atoms with Gasteiger partial charge in [0.15, 0.2) is 0 Å². The lowest BCUT2D eigenvalue weighted by Gasteiger charge is -2.36. The highest BCUT2D eigenvalue weighted by Crippen LogP contribution is 2.17. The molecule has 1 aromatic heterocycles. The standard InChI is InChI=1S/C23H31N3O3/c1-17(2)26(15-20-8-6-5-7-9-20)22(27)16-24-10-12-25(13-11-24)23(28)21-14-18(3)29-19(21)4/h5-9,14,17H,10-13,15-16H2,1-4H3. The number of piperazine rings is 1. The van der Waals surface area contributed by atoms with Crippen LogP contribution in [0.2, 0.25) is 0 Å². The Hall–Kier alpha value is -2.60. The van der Waals surface area contributed by atoms with E-state index in [1.807, 2.05) is 67.8 Å². The molecule has 1 aromatic carbocycles. The molecule has 2 heterocycles. The van der Waals surface area contributed by atoms with Gasteiger partial charge >= 0.3 is 0 Å². The van der Waals surface area contributed by atoms with E-state index in [1.165, 1.54) is 0 Å². The van der Waals surface area contributed by atoms with E-state index >= 15 is 0 Å². The Morgan fingerprint density at radius 2 is 1.72 bits per heavy atom. The number of carbonyl (C=O) groups excluding carboxylic acids is 2. The van der Waals surface area contributed by atoms with Gasteiger partial charge in [-0.15, -0.1) is 0 Å². The molecule has 2 aromatic rings. The molecule has 6 nitrogen and oxygen atoms in total. The lowest BCUT2D eigenvalue weighted by atomic mass is 10.1. The molecule has 3 rings (SSSR count). The number of carbonyl (C=O) groups is 2. The van der Waals surface area contributed by atoms with Gasteiger partial charge in [-0.2, -0.15) is 0 Å². The van der Waals surface area contributed by atoms with Crippen LogP contribution in [0.25, 0.3) is 0 Å². The number of rotatable bonds is 6. The molecule has 0 unspecified atom stereocenters. The first-order valence-electron chi connectivity index (χ1n) is 10.3. The lowest BCUT2D eigenvalue weighted by Crippen LogP contribution is -2.52. The van der Waals surface area contributed by atoms with Crippen LogP contribution in [0.1, 0.15) is 41.3 Å². The molecular formula is C23H31N3O3. The monoisotopic (exact) mass is 397 g/mol. The molecule has 6 heteroatoms. The van der Waals surface area contributed by atoms with Crippen LogP contribution < -0.4 is 0 Å². The molecule has 0 saturated carbocycles. The van der Waals surface area contributed by atoms with E-state index in [4.69, 9.17) is 4.42 Å². The molecule has 1 aliphatic heterocycles. The Kier molecular flexibility index (Phi) is 6.75. The van der Waals surface area contributed by atoms with Crippen LogP contribution in [0, 0.1) is 13.8 Å².